The number of nitrogens with one attached hydrogen (secondary N) is 3. The number of carbonyl (C=O) groups is 2. The lowest BCUT2D eigenvalue weighted by molar-refractivity contribution is -0.142. The number of ether oxygens (including phenoxy) is 1. The van der Waals surface area contributed by atoms with Gasteiger partial charge in [0.1, 0.15) is 6.04 Å². The van der Waals surface area contributed by atoms with Gasteiger partial charge in [0.25, 0.3) is 5.56 Å². The van der Waals surface area contributed by atoms with Gasteiger partial charge in [-0.25, -0.2) is 9.59 Å². The van der Waals surface area contributed by atoms with E-state index < -0.39 is 18.0 Å². The lowest BCUT2D eigenvalue weighted by Gasteiger charge is -2.23. The normalized spacial score (nSPS) is 14.3. The second-order valence-electron chi connectivity index (χ2n) is 8.73. The fraction of sp³-hybridized carbons (Fsp3) is 0.185. The minimum absolute atomic E-state index is 0.179. The van der Waals surface area contributed by atoms with E-state index in [9.17, 15) is 14.4 Å². The van der Waals surface area contributed by atoms with Crippen molar-refractivity contribution in [3.63, 3.8) is 0 Å². The molecule has 2 aromatic carbocycles. The molecule has 1 aliphatic rings. The van der Waals surface area contributed by atoms with Gasteiger partial charge in [-0.05, 0) is 41.6 Å². The summed E-state index contributed by atoms with van der Waals surface area (Å²) in [6.07, 6.45) is 8.69. The number of amides is 2. The number of hydrogen-bond acceptors (Lipinski definition) is 5. The number of rotatable bonds is 5. The molecule has 4 aromatic rings. The second kappa shape index (κ2) is 9.53. The molecule has 3 heterocycles. The van der Waals surface area contributed by atoms with Crippen molar-refractivity contribution >= 4 is 33.8 Å². The number of nitrogens with zero attached hydrogens (tertiary/aromatic N) is 2. The highest BCUT2D eigenvalue weighted by Gasteiger charge is 2.25. The Labute approximate surface area is 206 Å². The minimum atomic E-state index is -0.880. The number of fused-ring (bicyclic) bond motifs is 2. The molecule has 0 radical (unpaired) electrons. The summed E-state index contributed by atoms with van der Waals surface area (Å²) in [4.78, 5) is 42.3. The molecule has 0 saturated heterocycles. The Bertz CT molecular complexity index is 1570. The zero-order valence-electron chi connectivity index (χ0n) is 19.8. The number of aromatic amines is 2. The highest BCUT2D eigenvalue weighted by atomic mass is 16.5. The van der Waals surface area contributed by atoms with E-state index in [0.29, 0.717) is 5.56 Å². The fourth-order valence-corrected chi connectivity index (χ4v) is 4.46. The van der Waals surface area contributed by atoms with Crippen LogP contribution in [-0.4, -0.2) is 45.2 Å². The largest absolute Gasteiger partial charge is 0.467 e. The van der Waals surface area contributed by atoms with Crippen LogP contribution in [0.4, 0.5) is 4.79 Å². The average Bonchev–Trinajstić information content (AvgIpc) is 3.37. The highest BCUT2D eigenvalue weighted by molar-refractivity contribution is 5.86. The fourth-order valence-electron chi connectivity index (χ4n) is 4.46. The summed E-state index contributed by atoms with van der Waals surface area (Å²) < 4.78 is 4.93. The molecule has 2 aromatic heterocycles. The first-order valence-corrected chi connectivity index (χ1v) is 11.5. The molecule has 0 bridgehead atoms. The van der Waals surface area contributed by atoms with E-state index in [1.165, 1.54) is 12.0 Å². The first-order valence-electron chi connectivity index (χ1n) is 11.5. The Kier molecular flexibility index (Phi) is 6.12. The monoisotopic (exact) mass is 483 g/mol. The molecule has 0 aliphatic carbocycles. The molecule has 1 aliphatic heterocycles. The predicted molar refractivity (Wildman–Crippen MR) is 136 cm³/mol. The first-order chi connectivity index (χ1) is 17.4. The Morgan fingerprint density at radius 3 is 2.69 bits per heavy atom. The van der Waals surface area contributed by atoms with Crippen molar-refractivity contribution in [1.29, 1.82) is 0 Å². The van der Waals surface area contributed by atoms with Crippen molar-refractivity contribution < 1.29 is 14.3 Å². The standard InChI is InChI=1S/C27H25N5O4/c1-16-11-17(12-20-15-28-31-24(16)20)13-23(26(34)36-2)30-27(35)32-9-7-18(8-10-32)21-14-19-5-3-4-6-22(19)29-25(21)33/h3-12,14-15,18,23H,13H2,1-2H3,(H,28,31)(H,29,33)(H,30,35)/t23-/m1/s1. The first kappa shape index (κ1) is 23.1. The third kappa shape index (κ3) is 4.50. The number of carbonyl (C=O) groups excluding carboxylic acids is 2. The van der Waals surface area contributed by atoms with Gasteiger partial charge >= 0.3 is 12.0 Å². The molecular formula is C27H25N5O4. The van der Waals surface area contributed by atoms with Gasteiger partial charge in [0, 0.05) is 41.2 Å². The number of aromatic nitrogens is 3. The van der Waals surface area contributed by atoms with Crippen molar-refractivity contribution in [2.75, 3.05) is 7.11 Å². The molecule has 0 unspecified atom stereocenters. The number of esters is 1. The van der Waals surface area contributed by atoms with Gasteiger partial charge in [-0.2, -0.15) is 5.10 Å². The predicted octanol–water partition coefficient (Wildman–Crippen LogP) is 3.63. The highest BCUT2D eigenvalue weighted by Crippen LogP contribution is 2.23. The van der Waals surface area contributed by atoms with Gasteiger partial charge in [0.05, 0.1) is 18.8 Å². The summed E-state index contributed by atoms with van der Waals surface area (Å²) in [6.45, 7) is 1.95. The Balaban J connectivity index is 1.30. The van der Waals surface area contributed by atoms with Gasteiger partial charge in [-0.3, -0.25) is 14.8 Å². The SMILES string of the molecule is COC(=O)[C@@H](Cc1cc(C)c2[nH]ncc2c1)NC(=O)N1C=CC(c2cc3ccccc3[nH]c2=O)C=C1. The van der Waals surface area contributed by atoms with Crippen molar-refractivity contribution in [3.8, 4) is 0 Å². The van der Waals surface area contributed by atoms with E-state index in [2.05, 4.69) is 20.5 Å². The lowest BCUT2D eigenvalue weighted by atomic mass is 9.97. The molecule has 2 amide bonds. The summed E-state index contributed by atoms with van der Waals surface area (Å²) in [6, 6.07) is 11.9. The van der Waals surface area contributed by atoms with Crippen LogP contribution in [-0.2, 0) is 16.0 Å². The van der Waals surface area contributed by atoms with Crippen LogP contribution in [0.3, 0.4) is 0 Å². The topological polar surface area (TPSA) is 120 Å². The van der Waals surface area contributed by atoms with Crippen molar-refractivity contribution in [3.05, 3.63) is 100 Å². The van der Waals surface area contributed by atoms with E-state index in [0.717, 1.165) is 32.9 Å². The number of para-hydroxylation sites is 1. The number of allylic oxidation sites excluding steroid dienone is 2. The third-order valence-electron chi connectivity index (χ3n) is 6.31. The smallest absolute Gasteiger partial charge is 0.328 e. The number of hydrogen-bond donors (Lipinski definition) is 3. The maximum absolute atomic E-state index is 13.0. The van der Waals surface area contributed by atoms with E-state index in [4.69, 9.17) is 4.74 Å². The number of aryl methyl sites for hydroxylation is 1. The van der Waals surface area contributed by atoms with Crippen LogP contribution in [0.1, 0.15) is 22.6 Å². The molecular weight excluding hydrogens is 458 g/mol. The number of urea groups is 1. The maximum Gasteiger partial charge on any atom is 0.328 e. The van der Waals surface area contributed by atoms with Crippen LogP contribution in [0.15, 0.2) is 78.0 Å². The minimum Gasteiger partial charge on any atom is -0.467 e. The summed E-state index contributed by atoms with van der Waals surface area (Å²) in [5.74, 6) is -0.831. The summed E-state index contributed by atoms with van der Waals surface area (Å²) in [5, 5.41) is 11.6. The molecule has 182 valence electrons. The van der Waals surface area contributed by atoms with E-state index >= 15 is 0 Å². The molecule has 9 heteroatoms. The third-order valence-corrected chi connectivity index (χ3v) is 6.31. The Morgan fingerprint density at radius 1 is 1.14 bits per heavy atom. The van der Waals surface area contributed by atoms with Crippen LogP contribution in [0.5, 0.6) is 0 Å². The van der Waals surface area contributed by atoms with Gasteiger partial charge in [-0.1, -0.05) is 36.4 Å². The molecule has 36 heavy (non-hydrogen) atoms. The van der Waals surface area contributed by atoms with Gasteiger partial charge in [0.2, 0.25) is 0 Å². The van der Waals surface area contributed by atoms with E-state index in [1.54, 1.807) is 30.7 Å². The summed E-state index contributed by atoms with van der Waals surface area (Å²) in [5.41, 5.74) is 3.97. The van der Waals surface area contributed by atoms with Crippen LogP contribution >= 0.6 is 0 Å². The van der Waals surface area contributed by atoms with Crippen molar-refractivity contribution in [2.24, 2.45) is 0 Å². The number of benzene rings is 2. The molecule has 1 atom stereocenters. The van der Waals surface area contributed by atoms with E-state index in [-0.39, 0.29) is 17.9 Å². The Hall–Kier alpha value is -4.66. The Morgan fingerprint density at radius 2 is 1.92 bits per heavy atom. The zero-order valence-corrected chi connectivity index (χ0v) is 19.8. The van der Waals surface area contributed by atoms with Crippen LogP contribution < -0.4 is 10.9 Å². The quantitative estimate of drug-likeness (QED) is 0.375. The van der Waals surface area contributed by atoms with Gasteiger partial charge < -0.3 is 15.0 Å². The molecule has 0 fully saturated rings. The van der Waals surface area contributed by atoms with E-state index in [1.807, 2.05) is 49.4 Å². The average molecular weight is 484 g/mol. The van der Waals surface area contributed by atoms with Crippen LogP contribution in [0.25, 0.3) is 21.8 Å². The number of H-pyrrole nitrogens is 2. The van der Waals surface area contributed by atoms with Gasteiger partial charge in [0.15, 0.2) is 0 Å². The number of pyridine rings is 1. The van der Waals surface area contributed by atoms with Crippen molar-refractivity contribution in [2.45, 2.75) is 25.3 Å². The molecule has 0 saturated carbocycles. The molecule has 3 N–H and O–H groups in total. The lowest BCUT2D eigenvalue weighted by Crippen LogP contribution is -2.46. The van der Waals surface area contributed by atoms with Crippen molar-refractivity contribution in [1.82, 2.24) is 25.4 Å². The molecule has 0 spiro atoms. The molecule has 5 rings (SSSR count). The molecule has 9 nitrogen and oxygen atoms in total. The maximum atomic E-state index is 13.0. The van der Waals surface area contributed by atoms with Crippen LogP contribution in [0.2, 0.25) is 0 Å². The second-order valence-corrected chi connectivity index (χ2v) is 8.73. The zero-order chi connectivity index (χ0) is 25.2. The summed E-state index contributed by atoms with van der Waals surface area (Å²) >= 11 is 0. The summed E-state index contributed by atoms with van der Waals surface area (Å²) in [7, 11) is 1.29. The van der Waals surface area contributed by atoms with Gasteiger partial charge in [-0.15, -0.1) is 0 Å². The number of methoxy groups -OCH3 is 1. The van der Waals surface area contributed by atoms with Crippen LogP contribution in [0, 0.1) is 6.92 Å².